The van der Waals surface area contributed by atoms with Crippen LogP contribution in [0, 0.1) is 23.7 Å². The Morgan fingerprint density at radius 2 is 2.00 bits per heavy atom. The van der Waals surface area contributed by atoms with Gasteiger partial charge in [0.05, 0.1) is 0 Å². The number of nitrogens with one attached hydrogen (secondary N) is 1. The van der Waals surface area contributed by atoms with Crippen molar-refractivity contribution in [2.45, 2.75) is 33.6 Å². The Kier molecular flexibility index (Phi) is 3.57. The molecule has 0 saturated heterocycles. The quantitative estimate of drug-likeness (QED) is 0.684. The van der Waals surface area contributed by atoms with Gasteiger partial charge in [-0.25, -0.2) is 0 Å². The maximum absolute atomic E-state index is 3.32. The second-order valence-corrected chi connectivity index (χ2v) is 4.46. The first-order chi connectivity index (χ1) is 5.70. The first kappa shape index (κ1) is 10.0. The SMILES string of the molecule is CCC1CC(C)C(C)C1CNC. The van der Waals surface area contributed by atoms with E-state index in [1.807, 2.05) is 0 Å². The van der Waals surface area contributed by atoms with E-state index >= 15 is 0 Å². The maximum atomic E-state index is 3.32. The predicted molar refractivity (Wildman–Crippen MR) is 54.1 cm³/mol. The van der Waals surface area contributed by atoms with Crippen LogP contribution in [0.1, 0.15) is 33.6 Å². The van der Waals surface area contributed by atoms with Crippen LogP contribution >= 0.6 is 0 Å². The van der Waals surface area contributed by atoms with Crippen LogP contribution in [0.15, 0.2) is 0 Å². The second-order valence-electron chi connectivity index (χ2n) is 4.46. The summed E-state index contributed by atoms with van der Waals surface area (Å²) < 4.78 is 0. The van der Waals surface area contributed by atoms with Crippen LogP contribution in [0.25, 0.3) is 0 Å². The highest BCUT2D eigenvalue weighted by Crippen LogP contribution is 2.42. The summed E-state index contributed by atoms with van der Waals surface area (Å²) in [5.74, 6) is 3.76. The molecule has 0 bridgehead atoms. The molecule has 0 aliphatic heterocycles. The normalized spacial score (nSPS) is 42.0. The number of hydrogen-bond acceptors (Lipinski definition) is 1. The lowest BCUT2D eigenvalue weighted by atomic mass is 9.88. The molecule has 1 aliphatic rings. The first-order valence-corrected chi connectivity index (χ1v) is 5.35. The fourth-order valence-electron chi connectivity index (χ4n) is 2.78. The summed E-state index contributed by atoms with van der Waals surface area (Å²) in [6.45, 7) is 8.37. The van der Waals surface area contributed by atoms with E-state index in [2.05, 4.69) is 33.1 Å². The molecule has 1 N–H and O–H groups in total. The van der Waals surface area contributed by atoms with Gasteiger partial charge < -0.3 is 5.32 Å². The molecular weight excluding hydrogens is 146 g/mol. The van der Waals surface area contributed by atoms with Gasteiger partial charge >= 0.3 is 0 Å². The standard InChI is InChI=1S/C11H23N/c1-5-10-6-8(2)9(3)11(10)7-12-4/h8-12H,5-7H2,1-4H3. The van der Waals surface area contributed by atoms with Crippen molar-refractivity contribution >= 4 is 0 Å². The Balaban J connectivity index is 2.53. The minimum absolute atomic E-state index is 0.919. The Hall–Kier alpha value is -0.0400. The van der Waals surface area contributed by atoms with Crippen LogP contribution in [0.2, 0.25) is 0 Å². The average molecular weight is 169 g/mol. The lowest BCUT2D eigenvalue weighted by molar-refractivity contribution is 0.299. The van der Waals surface area contributed by atoms with Crippen LogP contribution in [-0.4, -0.2) is 13.6 Å². The summed E-state index contributed by atoms with van der Waals surface area (Å²) in [6, 6.07) is 0. The largest absolute Gasteiger partial charge is 0.319 e. The second kappa shape index (κ2) is 4.27. The molecule has 1 nitrogen and oxygen atoms in total. The number of rotatable bonds is 3. The van der Waals surface area contributed by atoms with Crippen molar-refractivity contribution in [2.75, 3.05) is 13.6 Å². The van der Waals surface area contributed by atoms with Crippen molar-refractivity contribution in [3.8, 4) is 0 Å². The molecule has 1 fully saturated rings. The Bertz CT molecular complexity index is 133. The molecule has 1 aliphatic carbocycles. The van der Waals surface area contributed by atoms with Crippen molar-refractivity contribution in [2.24, 2.45) is 23.7 Å². The van der Waals surface area contributed by atoms with Gasteiger partial charge in [0.1, 0.15) is 0 Å². The molecule has 4 atom stereocenters. The van der Waals surface area contributed by atoms with Gasteiger partial charge in [-0.05, 0) is 43.7 Å². The number of hydrogen-bond donors (Lipinski definition) is 1. The third-order valence-electron chi connectivity index (χ3n) is 3.82. The van der Waals surface area contributed by atoms with E-state index in [0.717, 1.165) is 23.7 Å². The summed E-state index contributed by atoms with van der Waals surface area (Å²) in [6.07, 6.45) is 2.81. The van der Waals surface area contributed by atoms with Crippen molar-refractivity contribution in [1.82, 2.24) is 5.32 Å². The fraction of sp³-hybridized carbons (Fsp3) is 1.00. The fourth-order valence-corrected chi connectivity index (χ4v) is 2.78. The molecule has 1 heteroatoms. The van der Waals surface area contributed by atoms with E-state index in [1.165, 1.54) is 19.4 Å². The summed E-state index contributed by atoms with van der Waals surface area (Å²) in [5, 5.41) is 3.32. The summed E-state index contributed by atoms with van der Waals surface area (Å²) in [7, 11) is 2.07. The minimum Gasteiger partial charge on any atom is -0.319 e. The van der Waals surface area contributed by atoms with Crippen molar-refractivity contribution in [3.63, 3.8) is 0 Å². The predicted octanol–water partition coefficient (Wildman–Crippen LogP) is 2.52. The molecule has 0 amide bonds. The van der Waals surface area contributed by atoms with E-state index in [0.29, 0.717) is 0 Å². The highest BCUT2D eigenvalue weighted by Gasteiger charge is 2.36. The molecule has 4 unspecified atom stereocenters. The zero-order chi connectivity index (χ0) is 9.14. The van der Waals surface area contributed by atoms with E-state index in [1.54, 1.807) is 0 Å². The van der Waals surface area contributed by atoms with Gasteiger partial charge in [0.2, 0.25) is 0 Å². The third-order valence-corrected chi connectivity index (χ3v) is 3.82. The topological polar surface area (TPSA) is 12.0 Å². The van der Waals surface area contributed by atoms with Gasteiger partial charge in [0.15, 0.2) is 0 Å². The first-order valence-electron chi connectivity index (χ1n) is 5.35. The average Bonchev–Trinajstić information content (AvgIpc) is 2.33. The zero-order valence-corrected chi connectivity index (χ0v) is 8.93. The molecule has 0 aromatic carbocycles. The molecule has 0 radical (unpaired) electrons. The third kappa shape index (κ3) is 1.82. The van der Waals surface area contributed by atoms with Crippen LogP contribution in [0.4, 0.5) is 0 Å². The molecule has 1 saturated carbocycles. The monoisotopic (exact) mass is 169 g/mol. The smallest absolute Gasteiger partial charge is 0.00182 e. The Morgan fingerprint density at radius 3 is 2.50 bits per heavy atom. The van der Waals surface area contributed by atoms with Gasteiger partial charge in [0.25, 0.3) is 0 Å². The Labute approximate surface area is 76.9 Å². The van der Waals surface area contributed by atoms with Gasteiger partial charge in [-0.3, -0.25) is 0 Å². The molecule has 1 rings (SSSR count). The van der Waals surface area contributed by atoms with Crippen LogP contribution < -0.4 is 5.32 Å². The van der Waals surface area contributed by atoms with Gasteiger partial charge in [0, 0.05) is 0 Å². The summed E-state index contributed by atoms with van der Waals surface area (Å²) in [5.41, 5.74) is 0. The molecule has 0 aromatic heterocycles. The van der Waals surface area contributed by atoms with E-state index < -0.39 is 0 Å². The summed E-state index contributed by atoms with van der Waals surface area (Å²) >= 11 is 0. The van der Waals surface area contributed by atoms with Crippen LogP contribution in [-0.2, 0) is 0 Å². The highest BCUT2D eigenvalue weighted by molar-refractivity contribution is 4.86. The molecule has 0 heterocycles. The lowest BCUT2D eigenvalue weighted by Crippen LogP contribution is -2.26. The van der Waals surface area contributed by atoms with Gasteiger partial charge in [-0.1, -0.05) is 27.2 Å². The van der Waals surface area contributed by atoms with E-state index in [-0.39, 0.29) is 0 Å². The molecule has 0 spiro atoms. The molecule has 72 valence electrons. The van der Waals surface area contributed by atoms with E-state index in [4.69, 9.17) is 0 Å². The zero-order valence-electron chi connectivity index (χ0n) is 8.93. The van der Waals surface area contributed by atoms with Gasteiger partial charge in [-0.15, -0.1) is 0 Å². The minimum atomic E-state index is 0.919. The van der Waals surface area contributed by atoms with E-state index in [9.17, 15) is 0 Å². The molecule has 0 aromatic rings. The molecular formula is C11H23N. The van der Waals surface area contributed by atoms with Gasteiger partial charge in [-0.2, -0.15) is 0 Å². The molecule has 12 heavy (non-hydrogen) atoms. The van der Waals surface area contributed by atoms with Crippen molar-refractivity contribution in [1.29, 1.82) is 0 Å². The van der Waals surface area contributed by atoms with Crippen molar-refractivity contribution < 1.29 is 0 Å². The Morgan fingerprint density at radius 1 is 1.33 bits per heavy atom. The summed E-state index contributed by atoms with van der Waals surface area (Å²) in [4.78, 5) is 0. The lowest BCUT2D eigenvalue weighted by Gasteiger charge is -2.21. The van der Waals surface area contributed by atoms with Crippen LogP contribution in [0.5, 0.6) is 0 Å². The highest BCUT2D eigenvalue weighted by atomic mass is 14.8. The van der Waals surface area contributed by atoms with Crippen LogP contribution in [0.3, 0.4) is 0 Å². The van der Waals surface area contributed by atoms with Crippen molar-refractivity contribution in [3.05, 3.63) is 0 Å². The maximum Gasteiger partial charge on any atom is -0.00182 e.